The summed E-state index contributed by atoms with van der Waals surface area (Å²) in [6.45, 7) is 3.96. The van der Waals surface area contributed by atoms with E-state index < -0.39 is 0 Å². The van der Waals surface area contributed by atoms with E-state index in [-0.39, 0.29) is 18.8 Å². The Morgan fingerprint density at radius 2 is 1.62 bits per heavy atom. The Hall–Kier alpha value is -1.16. The topological polar surface area (TPSA) is 41.5 Å². The molecule has 29 heavy (non-hydrogen) atoms. The van der Waals surface area contributed by atoms with Gasteiger partial charge in [0.25, 0.3) is 0 Å². The summed E-state index contributed by atoms with van der Waals surface area (Å²) in [6, 6.07) is 8.87. The lowest BCUT2D eigenvalue weighted by atomic mass is 10.1. The number of unbranched alkanes of at least 4 members (excludes halogenated alkanes) is 10. The molecule has 1 fully saturated rings. The third-order valence-electron chi connectivity index (χ3n) is 5.90. The maximum atomic E-state index is 9.16. The minimum absolute atomic E-state index is 0.194. The molecule has 2 rings (SSSR count). The van der Waals surface area contributed by atoms with Crippen LogP contribution in [0.3, 0.4) is 0 Å². The highest BCUT2D eigenvalue weighted by molar-refractivity contribution is 5.49. The molecule has 0 aliphatic carbocycles. The van der Waals surface area contributed by atoms with E-state index in [1.54, 1.807) is 0 Å². The maximum absolute atomic E-state index is 9.16. The van der Waals surface area contributed by atoms with Crippen LogP contribution in [0.4, 0.5) is 0 Å². The van der Waals surface area contributed by atoms with Gasteiger partial charge in [0.05, 0.1) is 19.3 Å². The molecule has 0 aromatic heterocycles. The summed E-state index contributed by atoms with van der Waals surface area (Å²) in [5.74, 6) is 0. The summed E-state index contributed by atoms with van der Waals surface area (Å²) in [6.07, 6.45) is 20.8. The Balaban J connectivity index is 1.48. The third kappa shape index (κ3) is 11.0. The predicted molar refractivity (Wildman–Crippen MR) is 124 cm³/mol. The van der Waals surface area contributed by atoms with Gasteiger partial charge in [0.2, 0.25) is 0 Å². The summed E-state index contributed by atoms with van der Waals surface area (Å²) < 4.78 is 5.95. The number of hydrogen-bond donors (Lipinski definition) is 2. The van der Waals surface area contributed by atoms with Crippen molar-refractivity contribution in [3.63, 3.8) is 0 Å². The fourth-order valence-electron chi connectivity index (χ4n) is 3.96. The number of allylic oxidation sites excluding steroid dienone is 1. The predicted octanol–water partition coefficient (Wildman–Crippen LogP) is 6.25. The van der Waals surface area contributed by atoms with Gasteiger partial charge in [-0.1, -0.05) is 101 Å². The van der Waals surface area contributed by atoms with Gasteiger partial charge in [-0.25, -0.2) is 0 Å². The van der Waals surface area contributed by atoms with Gasteiger partial charge in [0.1, 0.15) is 0 Å². The number of nitrogens with one attached hydrogen (secondary N) is 1. The zero-order chi connectivity index (χ0) is 20.6. The first-order valence-electron chi connectivity index (χ1n) is 12.0. The summed E-state index contributed by atoms with van der Waals surface area (Å²) in [7, 11) is 0. The fraction of sp³-hybridized carbons (Fsp3) is 0.692. The molecule has 0 radical (unpaired) electrons. The first kappa shape index (κ1) is 24.1. The van der Waals surface area contributed by atoms with E-state index >= 15 is 0 Å². The minimum atomic E-state index is 0.194. The molecular weight excluding hydrogens is 358 g/mol. The second kappa shape index (κ2) is 15.6. The largest absolute Gasteiger partial charge is 0.395 e. The number of aliphatic hydroxyl groups is 1. The van der Waals surface area contributed by atoms with E-state index in [4.69, 9.17) is 9.84 Å². The number of ether oxygens (including phenoxy) is 1. The first-order chi connectivity index (χ1) is 14.3. The molecule has 0 amide bonds. The molecule has 1 aromatic carbocycles. The van der Waals surface area contributed by atoms with E-state index in [9.17, 15) is 0 Å². The van der Waals surface area contributed by atoms with Crippen molar-refractivity contribution in [3.8, 4) is 0 Å². The van der Waals surface area contributed by atoms with Crippen LogP contribution in [-0.2, 0) is 11.3 Å². The second-order valence-corrected chi connectivity index (χ2v) is 8.57. The number of hydrogen-bond acceptors (Lipinski definition) is 3. The molecule has 1 aliphatic rings. The highest BCUT2D eigenvalue weighted by atomic mass is 16.5. The summed E-state index contributed by atoms with van der Waals surface area (Å²) >= 11 is 0. The first-order valence-corrected chi connectivity index (χ1v) is 12.0. The van der Waals surface area contributed by atoms with Crippen molar-refractivity contribution in [2.45, 2.75) is 103 Å². The number of aliphatic hydroxyl groups excluding tert-OH is 1. The summed E-state index contributed by atoms with van der Waals surface area (Å²) in [4.78, 5) is 0. The number of rotatable bonds is 16. The molecule has 2 N–H and O–H groups in total. The van der Waals surface area contributed by atoms with Crippen molar-refractivity contribution >= 4 is 6.08 Å². The van der Waals surface area contributed by atoms with Crippen molar-refractivity contribution in [3.05, 3.63) is 41.5 Å². The van der Waals surface area contributed by atoms with Crippen LogP contribution in [-0.4, -0.2) is 30.4 Å². The average Bonchev–Trinajstić information content (AvgIpc) is 3.22. The average molecular weight is 402 g/mol. The molecule has 3 heteroatoms. The fourth-order valence-corrected chi connectivity index (χ4v) is 3.96. The lowest BCUT2D eigenvalue weighted by Gasteiger charge is -2.11. The standard InChI is InChI=1S/C26H43NO2/c1-2-3-4-5-6-7-8-9-10-11-12-13-14-23-15-17-24(18-16-23)22-29-26-19-25(21-28)27-20-26/h13-18,25-28H,2-12,19-22H2,1H3/b14-13+/t25-,26+/m0/s1. The van der Waals surface area contributed by atoms with E-state index in [0.717, 1.165) is 13.0 Å². The summed E-state index contributed by atoms with van der Waals surface area (Å²) in [5, 5.41) is 12.4. The molecular formula is C26H43NO2. The monoisotopic (exact) mass is 401 g/mol. The summed E-state index contributed by atoms with van der Waals surface area (Å²) in [5.41, 5.74) is 2.48. The molecule has 0 unspecified atom stereocenters. The van der Waals surface area contributed by atoms with Crippen LogP contribution < -0.4 is 5.32 Å². The van der Waals surface area contributed by atoms with Crippen molar-refractivity contribution in [2.75, 3.05) is 13.2 Å². The van der Waals surface area contributed by atoms with Gasteiger partial charge in [-0.3, -0.25) is 0 Å². The van der Waals surface area contributed by atoms with Crippen molar-refractivity contribution in [2.24, 2.45) is 0 Å². The Labute approximate surface area is 178 Å². The second-order valence-electron chi connectivity index (χ2n) is 8.57. The van der Waals surface area contributed by atoms with Crippen LogP contribution in [0.1, 0.15) is 95.1 Å². The van der Waals surface area contributed by atoms with Gasteiger partial charge < -0.3 is 15.2 Å². The molecule has 1 heterocycles. The highest BCUT2D eigenvalue weighted by Crippen LogP contribution is 2.15. The van der Waals surface area contributed by atoms with Gasteiger partial charge in [0, 0.05) is 12.6 Å². The van der Waals surface area contributed by atoms with E-state index in [1.807, 2.05) is 0 Å². The van der Waals surface area contributed by atoms with Crippen LogP contribution in [0.25, 0.3) is 6.08 Å². The van der Waals surface area contributed by atoms with Crippen molar-refractivity contribution in [1.29, 1.82) is 0 Å². The van der Waals surface area contributed by atoms with E-state index in [1.165, 1.54) is 81.8 Å². The molecule has 0 bridgehead atoms. The van der Waals surface area contributed by atoms with Crippen LogP contribution in [0.15, 0.2) is 30.3 Å². The normalized spacial score (nSPS) is 19.4. The van der Waals surface area contributed by atoms with E-state index in [2.05, 4.69) is 48.7 Å². The van der Waals surface area contributed by atoms with Gasteiger partial charge in [-0.05, 0) is 30.4 Å². The zero-order valence-electron chi connectivity index (χ0n) is 18.6. The third-order valence-corrected chi connectivity index (χ3v) is 5.90. The molecule has 1 aliphatic heterocycles. The molecule has 1 saturated heterocycles. The SMILES string of the molecule is CCCCCCCCCCCC/C=C/c1ccc(CO[C@H]2CN[C@H](CO)C2)cc1. The lowest BCUT2D eigenvalue weighted by Crippen LogP contribution is -2.24. The lowest BCUT2D eigenvalue weighted by molar-refractivity contribution is 0.0512. The van der Waals surface area contributed by atoms with Gasteiger partial charge in [-0.2, -0.15) is 0 Å². The molecule has 1 aromatic rings. The van der Waals surface area contributed by atoms with Crippen LogP contribution >= 0.6 is 0 Å². The van der Waals surface area contributed by atoms with Crippen molar-refractivity contribution in [1.82, 2.24) is 5.32 Å². The maximum Gasteiger partial charge on any atom is 0.0721 e. The Kier molecular flexibility index (Phi) is 13.0. The van der Waals surface area contributed by atoms with Gasteiger partial charge >= 0.3 is 0 Å². The Morgan fingerprint density at radius 3 is 2.24 bits per heavy atom. The Bertz CT molecular complexity index is 540. The highest BCUT2D eigenvalue weighted by Gasteiger charge is 2.23. The number of benzene rings is 1. The van der Waals surface area contributed by atoms with Gasteiger partial charge in [-0.15, -0.1) is 0 Å². The van der Waals surface area contributed by atoms with Crippen molar-refractivity contribution < 1.29 is 9.84 Å². The van der Waals surface area contributed by atoms with E-state index in [0.29, 0.717) is 6.61 Å². The van der Waals surface area contributed by atoms with Gasteiger partial charge in [0.15, 0.2) is 0 Å². The smallest absolute Gasteiger partial charge is 0.0721 e. The molecule has 0 saturated carbocycles. The zero-order valence-corrected chi connectivity index (χ0v) is 18.6. The molecule has 164 valence electrons. The molecule has 3 nitrogen and oxygen atoms in total. The van der Waals surface area contributed by atoms with Crippen LogP contribution in [0, 0.1) is 0 Å². The van der Waals surface area contributed by atoms with Crippen LogP contribution in [0.5, 0.6) is 0 Å². The molecule has 0 spiro atoms. The quantitative estimate of drug-likeness (QED) is 0.322. The minimum Gasteiger partial charge on any atom is -0.395 e. The Morgan fingerprint density at radius 1 is 0.966 bits per heavy atom. The molecule has 2 atom stereocenters. The van der Waals surface area contributed by atoms with Crippen LogP contribution in [0.2, 0.25) is 0 Å².